The number of aryl methyl sites for hydroxylation is 3. The molecule has 0 bridgehead atoms. The summed E-state index contributed by atoms with van der Waals surface area (Å²) in [7, 11) is 0. The van der Waals surface area contributed by atoms with Crippen molar-refractivity contribution in [3.8, 4) is 0 Å². The van der Waals surface area contributed by atoms with E-state index in [1.165, 1.54) is 25.5 Å². The molecule has 12 heavy (non-hydrogen) atoms. The van der Waals surface area contributed by atoms with Crippen molar-refractivity contribution >= 4 is 24.3 Å². The van der Waals surface area contributed by atoms with E-state index in [9.17, 15) is 0 Å². The van der Waals surface area contributed by atoms with Crippen LogP contribution in [-0.2, 0) is 0 Å². The molecule has 2 heteroatoms. The van der Waals surface area contributed by atoms with Gasteiger partial charge < -0.3 is 0 Å². The number of fused-ring (bicyclic) bond motifs is 1. The van der Waals surface area contributed by atoms with Crippen LogP contribution in [0.1, 0.15) is 15.7 Å². The fraction of sp³-hybridized carbons (Fsp3) is 0.300. The van der Waals surface area contributed by atoms with Gasteiger partial charge >= 0.3 is 77.9 Å². The predicted molar refractivity (Wildman–Crippen MR) is 52.9 cm³/mol. The maximum absolute atomic E-state index is 4.56. The van der Waals surface area contributed by atoms with Gasteiger partial charge in [-0.1, -0.05) is 0 Å². The molecule has 1 heterocycles. The van der Waals surface area contributed by atoms with Crippen LogP contribution < -0.4 is 0 Å². The average molecular weight is 224 g/mol. The minimum absolute atomic E-state index is 0.494. The average Bonchev–Trinajstić information content (AvgIpc) is 2.39. The maximum atomic E-state index is 4.56. The van der Waals surface area contributed by atoms with E-state index in [2.05, 4.69) is 37.9 Å². The Morgan fingerprint density at radius 3 is 2.67 bits per heavy atom. The number of hydrogen-bond acceptors (Lipinski definition) is 1. The van der Waals surface area contributed by atoms with Gasteiger partial charge in [-0.05, 0) is 0 Å². The second-order valence-electron chi connectivity index (χ2n) is 3.09. The molecule has 0 saturated heterocycles. The van der Waals surface area contributed by atoms with Gasteiger partial charge in [0.25, 0.3) is 0 Å². The Morgan fingerprint density at radius 1 is 1.17 bits per heavy atom. The van der Waals surface area contributed by atoms with Gasteiger partial charge in [0, 0.05) is 0 Å². The Hall–Kier alpha value is -0.591. The van der Waals surface area contributed by atoms with Crippen LogP contribution in [0.5, 0.6) is 0 Å². The molecule has 0 atom stereocenters. The second-order valence-corrected chi connectivity index (χ2v) is 5.68. The standard InChI is InChI=1S/C10H11NSe/c1-6-4-5-9-10(7(6)2)11-8(3)12-9/h4-5H,1-3H3. The quantitative estimate of drug-likeness (QED) is 0.625. The molecular weight excluding hydrogens is 213 g/mol. The molecule has 2 aromatic rings. The molecule has 0 unspecified atom stereocenters. The first-order valence-corrected chi connectivity index (χ1v) is 5.73. The summed E-state index contributed by atoms with van der Waals surface area (Å²) in [4.78, 5) is 4.56. The Bertz CT molecular complexity index is 429. The van der Waals surface area contributed by atoms with Crippen LogP contribution in [-0.4, -0.2) is 19.5 Å². The van der Waals surface area contributed by atoms with Crippen LogP contribution in [0.3, 0.4) is 0 Å². The first-order valence-electron chi connectivity index (χ1n) is 4.02. The number of aromatic nitrogens is 1. The zero-order chi connectivity index (χ0) is 8.72. The van der Waals surface area contributed by atoms with Crippen molar-refractivity contribution in [1.29, 1.82) is 0 Å². The molecule has 0 aliphatic rings. The SMILES string of the molecule is Cc1nc2c(C)c(C)ccc2[se]1. The Labute approximate surface area is 78.2 Å². The zero-order valence-electron chi connectivity index (χ0n) is 7.51. The molecule has 62 valence electrons. The molecule has 0 amide bonds. The summed E-state index contributed by atoms with van der Waals surface area (Å²) < 4.78 is 2.74. The molecule has 2 rings (SSSR count). The summed E-state index contributed by atoms with van der Waals surface area (Å²) in [6, 6.07) is 4.42. The van der Waals surface area contributed by atoms with Gasteiger partial charge in [0.2, 0.25) is 0 Å². The van der Waals surface area contributed by atoms with Crippen LogP contribution >= 0.6 is 0 Å². The van der Waals surface area contributed by atoms with Gasteiger partial charge in [-0.15, -0.1) is 0 Å². The van der Waals surface area contributed by atoms with Crippen molar-refractivity contribution in [3.63, 3.8) is 0 Å². The van der Waals surface area contributed by atoms with Gasteiger partial charge in [0.05, 0.1) is 0 Å². The summed E-state index contributed by atoms with van der Waals surface area (Å²) in [5, 5.41) is 0. The summed E-state index contributed by atoms with van der Waals surface area (Å²) in [6.45, 7) is 6.42. The predicted octanol–water partition coefficient (Wildman–Crippen LogP) is 2.22. The molecule has 0 N–H and O–H groups in total. The van der Waals surface area contributed by atoms with Gasteiger partial charge in [-0.2, -0.15) is 0 Å². The van der Waals surface area contributed by atoms with Crippen molar-refractivity contribution in [1.82, 2.24) is 4.98 Å². The van der Waals surface area contributed by atoms with E-state index in [4.69, 9.17) is 0 Å². The van der Waals surface area contributed by atoms with Gasteiger partial charge in [0.15, 0.2) is 0 Å². The van der Waals surface area contributed by atoms with E-state index in [0.29, 0.717) is 14.5 Å². The third-order valence-corrected chi connectivity index (χ3v) is 4.16. The normalized spacial score (nSPS) is 10.9. The van der Waals surface area contributed by atoms with E-state index in [-0.39, 0.29) is 0 Å². The van der Waals surface area contributed by atoms with Crippen LogP contribution in [0.15, 0.2) is 12.1 Å². The van der Waals surface area contributed by atoms with E-state index >= 15 is 0 Å². The fourth-order valence-corrected chi connectivity index (χ4v) is 3.20. The van der Waals surface area contributed by atoms with E-state index in [1.807, 2.05) is 0 Å². The summed E-state index contributed by atoms with van der Waals surface area (Å²) in [5.41, 5.74) is 3.95. The van der Waals surface area contributed by atoms with Crippen molar-refractivity contribution in [2.24, 2.45) is 0 Å². The Morgan fingerprint density at radius 2 is 1.92 bits per heavy atom. The summed E-state index contributed by atoms with van der Waals surface area (Å²) in [5.74, 6) is 0. The molecule has 0 spiro atoms. The van der Waals surface area contributed by atoms with Crippen LogP contribution in [0, 0.1) is 20.8 Å². The third-order valence-electron chi connectivity index (χ3n) is 2.19. The van der Waals surface area contributed by atoms with Gasteiger partial charge in [-0.25, -0.2) is 0 Å². The monoisotopic (exact) mass is 225 g/mol. The number of nitrogens with zero attached hydrogens (tertiary/aromatic N) is 1. The Balaban J connectivity index is 2.89. The van der Waals surface area contributed by atoms with E-state index in [0.717, 1.165) is 0 Å². The summed E-state index contributed by atoms with van der Waals surface area (Å²) >= 11 is 0.494. The van der Waals surface area contributed by atoms with Crippen molar-refractivity contribution in [3.05, 3.63) is 27.8 Å². The van der Waals surface area contributed by atoms with Crippen molar-refractivity contribution in [2.75, 3.05) is 0 Å². The van der Waals surface area contributed by atoms with E-state index < -0.39 is 0 Å². The van der Waals surface area contributed by atoms with Crippen LogP contribution in [0.25, 0.3) is 9.78 Å². The number of rotatable bonds is 0. The fourth-order valence-electron chi connectivity index (χ4n) is 1.34. The van der Waals surface area contributed by atoms with Crippen LogP contribution in [0.4, 0.5) is 0 Å². The Kier molecular flexibility index (Phi) is 1.82. The first kappa shape index (κ1) is 8.03. The van der Waals surface area contributed by atoms with Gasteiger partial charge in [-0.3, -0.25) is 0 Å². The number of hydrogen-bond donors (Lipinski definition) is 0. The topological polar surface area (TPSA) is 12.9 Å². The number of benzene rings is 1. The van der Waals surface area contributed by atoms with E-state index in [1.54, 1.807) is 0 Å². The van der Waals surface area contributed by atoms with Gasteiger partial charge in [0.1, 0.15) is 0 Å². The molecule has 1 aromatic heterocycles. The van der Waals surface area contributed by atoms with Crippen molar-refractivity contribution in [2.45, 2.75) is 20.8 Å². The molecule has 0 fully saturated rings. The first-order chi connectivity index (χ1) is 5.68. The molecule has 1 aromatic carbocycles. The van der Waals surface area contributed by atoms with Crippen LogP contribution in [0.2, 0.25) is 0 Å². The molecular formula is C10H11NSe. The minimum atomic E-state index is 0.494. The molecule has 0 saturated carbocycles. The third kappa shape index (κ3) is 1.12. The molecule has 0 aliphatic carbocycles. The second kappa shape index (κ2) is 2.72. The molecule has 0 aliphatic heterocycles. The zero-order valence-corrected chi connectivity index (χ0v) is 9.22. The van der Waals surface area contributed by atoms with Crippen molar-refractivity contribution < 1.29 is 0 Å². The molecule has 0 radical (unpaired) electrons. The molecule has 1 nitrogen and oxygen atoms in total. The summed E-state index contributed by atoms with van der Waals surface area (Å²) in [6.07, 6.45) is 0.